The summed E-state index contributed by atoms with van der Waals surface area (Å²) in [4.78, 5) is 15.7. The van der Waals surface area contributed by atoms with Gasteiger partial charge in [0.15, 0.2) is 0 Å². The molecule has 1 spiro atoms. The van der Waals surface area contributed by atoms with Crippen molar-refractivity contribution in [3.63, 3.8) is 0 Å². The van der Waals surface area contributed by atoms with E-state index >= 15 is 0 Å². The van der Waals surface area contributed by atoms with Crippen molar-refractivity contribution in [1.29, 1.82) is 0 Å². The highest BCUT2D eigenvalue weighted by molar-refractivity contribution is 14.1. The zero-order chi connectivity index (χ0) is 20.3. The Labute approximate surface area is 190 Å². The van der Waals surface area contributed by atoms with E-state index in [-0.39, 0.29) is 5.91 Å². The summed E-state index contributed by atoms with van der Waals surface area (Å²) in [5.74, 6) is -0.0371. The van der Waals surface area contributed by atoms with Crippen LogP contribution in [0.2, 0.25) is 0 Å². The summed E-state index contributed by atoms with van der Waals surface area (Å²) in [7, 11) is 0. The normalized spacial score (nSPS) is 20.0. The zero-order valence-electron chi connectivity index (χ0n) is 16.9. The van der Waals surface area contributed by atoms with Gasteiger partial charge in [0, 0.05) is 27.7 Å². The molecule has 1 aromatic heterocycles. The van der Waals surface area contributed by atoms with E-state index in [4.69, 9.17) is 0 Å². The van der Waals surface area contributed by atoms with Crippen molar-refractivity contribution >= 4 is 50.8 Å². The van der Waals surface area contributed by atoms with Gasteiger partial charge in [-0.25, -0.2) is 0 Å². The Hall–Kier alpha value is -2.09. The van der Waals surface area contributed by atoms with Crippen LogP contribution in [0.3, 0.4) is 0 Å². The van der Waals surface area contributed by atoms with Crippen LogP contribution in [-0.2, 0) is 0 Å². The lowest BCUT2D eigenvalue weighted by Crippen LogP contribution is -2.35. The number of amides is 1. The first-order valence-corrected chi connectivity index (χ1v) is 12.0. The second-order valence-electron chi connectivity index (χ2n) is 9.20. The fourth-order valence-corrected chi connectivity index (χ4v) is 5.26. The van der Waals surface area contributed by atoms with Gasteiger partial charge in [0.05, 0.1) is 29.0 Å². The highest BCUT2D eigenvalue weighted by Gasteiger charge is 2.44. The molecule has 2 heterocycles. The van der Waals surface area contributed by atoms with Gasteiger partial charge in [0.1, 0.15) is 0 Å². The third-order valence-electron chi connectivity index (χ3n) is 7.08. The van der Waals surface area contributed by atoms with Gasteiger partial charge in [0.25, 0.3) is 5.91 Å². The number of piperidine rings is 1. The number of nitrogens with one attached hydrogen (secondary N) is 1. The maximum atomic E-state index is 13.3. The molecular formula is C24H25IN4O. The van der Waals surface area contributed by atoms with Gasteiger partial charge in [-0.05, 0) is 103 Å². The molecule has 3 aliphatic rings. The fraction of sp³-hybridized carbons (Fsp3) is 0.417. The Balaban J connectivity index is 1.27. The number of anilines is 2. The van der Waals surface area contributed by atoms with E-state index in [9.17, 15) is 4.79 Å². The molecule has 5 nitrogen and oxygen atoms in total. The first kappa shape index (κ1) is 18.7. The van der Waals surface area contributed by atoms with Crippen LogP contribution in [0.1, 0.15) is 54.9 Å². The second kappa shape index (κ2) is 6.97. The number of carbonyl (C=O) groups is 1. The van der Waals surface area contributed by atoms with Crippen molar-refractivity contribution in [2.45, 2.75) is 44.6 Å². The largest absolute Gasteiger partial charge is 0.371 e. The fourth-order valence-electron chi connectivity index (χ4n) is 4.78. The second-order valence-corrected chi connectivity index (χ2v) is 10.4. The van der Waals surface area contributed by atoms with Gasteiger partial charge in [-0.1, -0.05) is 0 Å². The van der Waals surface area contributed by atoms with Crippen LogP contribution in [0, 0.1) is 8.99 Å². The molecule has 1 saturated heterocycles. The van der Waals surface area contributed by atoms with E-state index in [1.54, 1.807) is 0 Å². The highest BCUT2D eigenvalue weighted by Crippen LogP contribution is 2.54. The minimum atomic E-state index is -0.0371. The van der Waals surface area contributed by atoms with Crippen molar-refractivity contribution in [3.8, 4) is 0 Å². The summed E-state index contributed by atoms with van der Waals surface area (Å²) in [6, 6.07) is 12.8. The lowest BCUT2D eigenvalue weighted by molar-refractivity contribution is 0.102. The SMILES string of the molecule is O=C(Nc1ccc2cnn(C3CC3)c2c1)c1ccc(I)cc1N1CCC2(CC1)CC2. The number of halogens is 1. The van der Waals surface area contributed by atoms with E-state index in [0.717, 1.165) is 40.9 Å². The average Bonchev–Trinajstić information content (AvgIpc) is 3.68. The van der Waals surface area contributed by atoms with Gasteiger partial charge in [-0.15, -0.1) is 0 Å². The van der Waals surface area contributed by atoms with E-state index in [1.807, 2.05) is 30.5 Å². The van der Waals surface area contributed by atoms with E-state index in [2.05, 4.69) is 54.7 Å². The molecule has 2 aliphatic carbocycles. The summed E-state index contributed by atoms with van der Waals surface area (Å²) < 4.78 is 3.27. The Morgan fingerprint density at radius 1 is 1.07 bits per heavy atom. The van der Waals surface area contributed by atoms with Crippen LogP contribution in [0.4, 0.5) is 11.4 Å². The molecule has 6 rings (SSSR count). The molecule has 0 radical (unpaired) electrons. The number of nitrogens with zero attached hydrogens (tertiary/aromatic N) is 3. The van der Waals surface area contributed by atoms with Gasteiger partial charge in [-0.2, -0.15) is 5.10 Å². The summed E-state index contributed by atoms with van der Waals surface area (Å²) in [5, 5.41) is 8.80. The molecular weight excluding hydrogens is 487 g/mol. The van der Waals surface area contributed by atoms with Gasteiger partial charge < -0.3 is 10.2 Å². The number of hydrogen-bond donors (Lipinski definition) is 1. The minimum Gasteiger partial charge on any atom is -0.371 e. The number of carbonyl (C=O) groups excluding carboxylic acids is 1. The minimum absolute atomic E-state index is 0.0371. The molecule has 1 N–H and O–H groups in total. The smallest absolute Gasteiger partial charge is 0.257 e. The Bertz CT molecular complexity index is 1140. The third-order valence-corrected chi connectivity index (χ3v) is 7.75. The summed E-state index contributed by atoms with van der Waals surface area (Å²) in [6.45, 7) is 2.10. The van der Waals surface area contributed by atoms with E-state index < -0.39 is 0 Å². The molecule has 1 amide bonds. The molecule has 0 bridgehead atoms. The van der Waals surface area contributed by atoms with Crippen molar-refractivity contribution in [3.05, 3.63) is 51.7 Å². The van der Waals surface area contributed by atoms with Crippen LogP contribution in [-0.4, -0.2) is 28.8 Å². The predicted molar refractivity (Wildman–Crippen MR) is 128 cm³/mol. The molecule has 3 fully saturated rings. The lowest BCUT2D eigenvalue weighted by atomic mass is 9.93. The van der Waals surface area contributed by atoms with Crippen molar-refractivity contribution < 1.29 is 4.79 Å². The van der Waals surface area contributed by atoms with Crippen molar-refractivity contribution in [2.24, 2.45) is 5.41 Å². The van der Waals surface area contributed by atoms with Crippen molar-refractivity contribution in [1.82, 2.24) is 9.78 Å². The average molecular weight is 512 g/mol. The zero-order valence-corrected chi connectivity index (χ0v) is 19.1. The Kier molecular flexibility index (Phi) is 4.34. The molecule has 0 unspecified atom stereocenters. The predicted octanol–water partition coefficient (Wildman–Crippen LogP) is 5.61. The Morgan fingerprint density at radius 3 is 2.60 bits per heavy atom. The molecule has 1 aliphatic heterocycles. The van der Waals surface area contributed by atoms with Gasteiger partial charge >= 0.3 is 0 Å². The van der Waals surface area contributed by atoms with Crippen LogP contribution in [0.5, 0.6) is 0 Å². The molecule has 0 atom stereocenters. The molecule has 154 valence electrons. The third kappa shape index (κ3) is 3.39. The van der Waals surface area contributed by atoms with Gasteiger partial charge in [0.2, 0.25) is 0 Å². The number of hydrogen-bond acceptors (Lipinski definition) is 3. The van der Waals surface area contributed by atoms with Crippen molar-refractivity contribution in [2.75, 3.05) is 23.3 Å². The molecule has 6 heteroatoms. The van der Waals surface area contributed by atoms with E-state index in [1.165, 1.54) is 42.1 Å². The van der Waals surface area contributed by atoms with Crippen LogP contribution >= 0.6 is 22.6 Å². The molecule has 30 heavy (non-hydrogen) atoms. The van der Waals surface area contributed by atoms with Crippen LogP contribution in [0.15, 0.2) is 42.6 Å². The topological polar surface area (TPSA) is 50.2 Å². The standard InChI is InChI=1S/C24H25IN4O/c25-17-2-6-20(22(13-17)28-11-9-24(7-8-24)10-12-28)23(30)27-18-3-1-16-15-26-29(19-4-5-19)21(16)14-18/h1-3,6,13-15,19H,4-5,7-12H2,(H,27,30). The summed E-state index contributed by atoms with van der Waals surface area (Å²) in [5.41, 5.74) is 4.39. The number of fused-ring (bicyclic) bond motifs is 1. The highest BCUT2D eigenvalue weighted by atomic mass is 127. The van der Waals surface area contributed by atoms with E-state index in [0.29, 0.717) is 11.5 Å². The summed E-state index contributed by atoms with van der Waals surface area (Å²) >= 11 is 2.34. The molecule has 3 aromatic rings. The molecule has 2 saturated carbocycles. The Morgan fingerprint density at radius 2 is 1.87 bits per heavy atom. The lowest BCUT2D eigenvalue weighted by Gasteiger charge is -2.35. The number of rotatable bonds is 4. The van der Waals surface area contributed by atoms with Crippen LogP contribution < -0.4 is 10.2 Å². The molecule has 2 aromatic carbocycles. The quantitative estimate of drug-likeness (QED) is 0.463. The first-order chi connectivity index (χ1) is 14.6. The number of benzene rings is 2. The monoisotopic (exact) mass is 512 g/mol. The first-order valence-electron chi connectivity index (χ1n) is 10.9. The van der Waals surface area contributed by atoms with Crippen LogP contribution in [0.25, 0.3) is 10.9 Å². The maximum absolute atomic E-state index is 13.3. The number of aromatic nitrogens is 2. The summed E-state index contributed by atoms with van der Waals surface area (Å²) in [6.07, 6.45) is 9.58. The van der Waals surface area contributed by atoms with Gasteiger partial charge in [-0.3, -0.25) is 9.48 Å². The maximum Gasteiger partial charge on any atom is 0.257 e.